The van der Waals surface area contributed by atoms with Gasteiger partial charge in [0.25, 0.3) is 0 Å². The van der Waals surface area contributed by atoms with Gasteiger partial charge in [-0.05, 0) is 77.2 Å². The first-order valence-electron chi connectivity index (χ1n) is 17.2. The van der Waals surface area contributed by atoms with Crippen LogP contribution in [0.5, 0.6) is 0 Å². The van der Waals surface area contributed by atoms with E-state index in [1.54, 1.807) is 0 Å². The van der Waals surface area contributed by atoms with Gasteiger partial charge in [0, 0.05) is 51.5 Å². The van der Waals surface area contributed by atoms with E-state index in [0.717, 1.165) is 28.4 Å². The molecular weight excluding hydrogens is 659 g/mol. The number of thiophene rings is 2. The predicted molar refractivity (Wildman–Crippen MR) is 220 cm³/mol. The minimum Gasteiger partial charge on any atom is -0.344 e. The van der Waals surface area contributed by atoms with Crippen LogP contribution in [0.1, 0.15) is 28.4 Å². The Labute approximate surface area is 303 Å². The Morgan fingerprint density at radius 1 is 0.490 bits per heavy atom. The lowest BCUT2D eigenvalue weighted by atomic mass is 9.96. The molecule has 0 aliphatic carbocycles. The lowest BCUT2D eigenvalue weighted by molar-refractivity contribution is 0.674. The van der Waals surface area contributed by atoms with Crippen molar-refractivity contribution in [3.8, 4) is 22.3 Å². The number of hydrogen-bond donors (Lipinski definition) is 1. The lowest BCUT2D eigenvalue weighted by Gasteiger charge is -2.24. The zero-order chi connectivity index (χ0) is 33.9. The highest BCUT2D eigenvalue weighted by Crippen LogP contribution is 2.42. The van der Waals surface area contributed by atoms with Gasteiger partial charge in [-0.2, -0.15) is 0 Å². The molecule has 1 N–H and O–H groups in total. The van der Waals surface area contributed by atoms with E-state index in [-0.39, 0.29) is 6.17 Å². The number of rotatable bonds is 5. The molecular formula is C46H31N3S2. The molecule has 51 heavy (non-hydrogen) atoms. The molecule has 1 aliphatic heterocycles. The van der Waals surface area contributed by atoms with Gasteiger partial charge in [0.1, 0.15) is 12.0 Å². The van der Waals surface area contributed by atoms with Gasteiger partial charge >= 0.3 is 0 Å². The number of nitrogens with zero attached hydrogens (tertiary/aromatic N) is 2. The molecule has 2 aromatic heterocycles. The topological polar surface area (TPSA) is 36.8 Å². The molecule has 1 atom stereocenters. The van der Waals surface area contributed by atoms with Crippen molar-refractivity contribution in [1.29, 1.82) is 0 Å². The first kappa shape index (κ1) is 30.0. The minimum absolute atomic E-state index is 0.286. The van der Waals surface area contributed by atoms with Crippen LogP contribution >= 0.6 is 22.7 Å². The van der Waals surface area contributed by atoms with E-state index >= 15 is 0 Å². The monoisotopic (exact) mass is 689 g/mol. The molecule has 0 radical (unpaired) electrons. The van der Waals surface area contributed by atoms with Crippen LogP contribution in [0.4, 0.5) is 0 Å². The van der Waals surface area contributed by atoms with E-state index in [2.05, 4.69) is 164 Å². The van der Waals surface area contributed by atoms with Gasteiger partial charge in [0.15, 0.2) is 5.84 Å². The standard InChI is InChI=1S/C46H31N3S2/c1-28-9-7-12-32(25-28)33-21-23-41-38(26-33)43-35(14-8-16-42(43)51-41)29-17-19-31(20-18-29)45-47-44(30-10-3-2-4-11-30)48-46(49-45)34-22-24-40-37(27-34)36-13-5-6-15-39(36)50-40/h2-27,45H,1H3,(H,47,48,49). The van der Waals surface area contributed by atoms with E-state index in [9.17, 15) is 0 Å². The highest BCUT2D eigenvalue weighted by atomic mass is 32.1. The number of aryl methyl sites for hydroxylation is 1. The molecule has 0 spiro atoms. The summed E-state index contributed by atoms with van der Waals surface area (Å²) in [4.78, 5) is 10.3. The number of benzene rings is 7. The molecule has 0 bridgehead atoms. The van der Waals surface area contributed by atoms with Crippen LogP contribution in [0.25, 0.3) is 62.6 Å². The largest absolute Gasteiger partial charge is 0.344 e. The van der Waals surface area contributed by atoms with Gasteiger partial charge in [0.05, 0.1) is 0 Å². The Bertz CT molecular complexity index is 2840. The number of fused-ring (bicyclic) bond motifs is 6. The fraction of sp³-hybridized carbons (Fsp3) is 0.0435. The van der Waals surface area contributed by atoms with E-state index in [1.807, 2.05) is 28.7 Å². The average Bonchev–Trinajstić information content (AvgIpc) is 3.76. The first-order chi connectivity index (χ1) is 25.1. The van der Waals surface area contributed by atoms with Crippen molar-refractivity contribution in [1.82, 2.24) is 5.32 Å². The molecule has 1 unspecified atom stereocenters. The Kier molecular flexibility index (Phi) is 7.15. The van der Waals surface area contributed by atoms with Gasteiger partial charge in [-0.15, -0.1) is 22.7 Å². The Morgan fingerprint density at radius 2 is 1.14 bits per heavy atom. The summed E-state index contributed by atoms with van der Waals surface area (Å²) in [6.07, 6.45) is -0.286. The maximum atomic E-state index is 5.22. The van der Waals surface area contributed by atoms with Gasteiger partial charge in [-0.1, -0.05) is 121 Å². The summed E-state index contributed by atoms with van der Waals surface area (Å²) >= 11 is 3.69. The summed E-state index contributed by atoms with van der Waals surface area (Å²) in [5.41, 5.74) is 9.35. The molecule has 0 saturated carbocycles. The van der Waals surface area contributed by atoms with Crippen LogP contribution in [0.3, 0.4) is 0 Å². The maximum Gasteiger partial charge on any atom is 0.159 e. The predicted octanol–water partition coefficient (Wildman–Crippen LogP) is 12.6. The summed E-state index contributed by atoms with van der Waals surface area (Å²) in [5, 5.41) is 8.78. The van der Waals surface area contributed by atoms with Gasteiger partial charge in [0.2, 0.25) is 0 Å². The summed E-state index contributed by atoms with van der Waals surface area (Å²) in [7, 11) is 0. The first-order valence-corrected chi connectivity index (χ1v) is 18.8. The fourth-order valence-corrected chi connectivity index (χ4v) is 9.47. The third-order valence-electron chi connectivity index (χ3n) is 9.81. The Hall–Kier alpha value is -5.88. The molecule has 9 aromatic rings. The summed E-state index contributed by atoms with van der Waals surface area (Å²) < 4.78 is 5.17. The third-order valence-corrected chi connectivity index (χ3v) is 12.1. The van der Waals surface area contributed by atoms with E-state index in [1.165, 1.54) is 68.2 Å². The second kappa shape index (κ2) is 12.2. The van der Waals surface area contributed by atoms with Crippen molar-refractivity contribution in [2.45, 2.75) is 13.1 Å². The molecule has 7 aromatic carbocycles. The summed E-state index contributed by atoms with van der Waals surface area (Å²) in [5.74, 6) is 1.56. The molecule has 242 valence electrons. The number of aliphatic imine (C=N–C) groups is 2. The second-order valence-corrected chi connectivity index (χ2v) is 15.3. The van der Waals surface area contributed by atoms with Crippen molar-refractivity contribution < 1.29 is 0 Å². The lowest BCUT2D eigenvalue weighted by Crippen LogP contribution is -2.33. The number of amidine groups is 2. The quantitative estimate of drug-likeness (QED) is 0.192. The van der Waals surface area contributed by atoms with Crippen molar-refractivity contribution >= 4 is 74.7 Å². The number of hydrogen-bond acceptors (Lipinski definition) is 5. The van der Waals surface area contributed by atoms with E-state index in [0.29, 0.717) is 0 Å². The van der Waals surface area contributed by atoms with Crippen LogP contribution < -0.4 is 5.32 Å². The van der Waals surface area contributed by atoms with Gasteiger partial charge in [-0.3, -0.25) is 0 Å². The van der Waals surface area contributed by atoms with Crippen LogP contribution in [0.2, 0.25) is 0 Å². The minimum atomic E-state index is -0.286. The maximum absolute atomic E-state index is 5.22. The Morgan fingerprint density at radius 3 is 2.00 bits per heavy atom. The normalized spacial score (nSPS) is 14.6. The molecule has 0 amide bonds. The van der Waals surface area contributed by atoms with Crippen molar-refractivity contribution in [2.75, 3.05) is 0 Å². The molecule has 10 rings (SSSR count). The van der Waals surface area contributed by atoms with Crippen LogP contribution in [-0.2, 0) is 0 Å². The van der Waals surface area contributed by atoms with Crippen LogP contribution in [-0.4, -0.2) is 11.7 Å². The van der Waals surface area contributed by atoms with Crippen molar-refractivity contribution in [3.63, 3.8) is 0 Å². The molecule has 5 heteroatoms. The fourth-order valence-electron chi connectivity index (χ4n) is 7.27. The molecule has 0 saturated heterocycles. The molecule has 1 aliphatic rings. The highest BCUT2D eigenvalue weighted by Gasteiger charge is 2.22. The van der Waals surface area contributed by atoms with E-state index < -0.39 is 0 Å². The zero-order valence-electron chi connectivity index (χ0n) is 27.8. The van der Waals surface area contributed by atoms with Gasteiger partial charge in [-0.25, -0.2) is 9.98 Å². The molecule has 0 fully saturated rings. The van der Waals surface area contributed by atoms with Crippen molar-refractivity contribution in [3.05, 3.63) is 180 Å². The third kappa shape index (κ3) is 5.34. The smallest absolute Gasteiger partial charge is 0.159 e. The Balaban J connectivity index is 1.05. The molecule has 3 nitrogen and oxygen atoms in total. The SMILES string of the molecule is Cc1cccc(-c2ccc3sc4cccc(-c5ccc(C6N=C(c7ccc8sc9ccccc9c8c7)N=C(c7ccccc7)N6)cc5)c4c3c2)c1. The summed E-state index contributed by atoms with van der Waals surface area (Å²) in [6.45, 7) is 2.15. The summed E-state index contributed by atoms with van der Waals surface area (Å²) in [6, 6.07) is 56.8. The van der Waals surface area contributed by atoms with Crippen LogP contribution in [0, 0.1) is 6.92 Å². The van der Waals surface area contributed by atoms with Gasteiger partial charge < -0.3 is 5.32 Å². The van der Waals surface area contributed by atoms with Crippen molar-refractivity contribution in [2.24, 2.45) is 9.98 Å². The van der Waals surface area contributed by atoms with E-state index in [4.69, 9.17) is 9.98 Å². The highest BCUT2D eigenvalue weighted by molar-refractivity contribution is 7.26. The second-order valence-electron chi connectivity index (χ2n) is 13.1. The number of nitrogens with one attached hydrogen (secondary N) is 1. The van der Waals surface area contributed by atoms with Crippen LogP contribution in [0.15, 0.2) is 168 Å². The average molecular weight is 690 g/mol. The zero-order valence-corrected chi connectivity index (χ0v) is 29.4. The molecule has 3 heterocycles.